The lowest BCUT2D eigenvalue weighted by molar-refractivity contribution is -0.137. The van der Waals surface area contributed by atoms with Gasteiger partial charge >= 0.3 is 6.18 Å². The van der Waals surface area contributed by atoms with E-state index in [1.807, 2.05) is 37.4 Å². The van der Waals surface area contributed by atoms with Crippen LogP contribution in [0.1, 0.15) is 34.8 Å². The molecule has 36 heavy (non-hydrogen) atoms. The Kier molecular flexibility index (Phi) is 7.64. The number of amides is 1. The third-order valence-electron chi connectivity index (χ3n) is 5.93. The number of hydrogen-bond acceptors (Lipinski definition) is 3. The summed E-state index contributed by atoms with van der Waals surface area (Å²) in [6, 6.07) is 17.0. The van der Waals surface area contributed by atoms with Gasteiger partial charge in [-0.15, -0.1) is 0 Å². The van der Waals surface area contributed by atoms with Gasteiger partial charge in [-0.05, 0) is 59.9 Å². The van der Waals surface area contributed by atoms with E-state index in [2.05, 4.69) is 10.3 Å². The summed E-state index contributed by atoms with van der Waals surface area (Å²) in [6.07, 6.45) is -1.41. The normalized spacial score (nSPS) is 12.5. The predicted molar refractivity (Wildman–Crippen MR) is 133 cm³/mol. The number of halogens is 3. The molecule has 1 amide bonds. The second-order valence-electron chi connectivity index (χ2n) is 8.55. The number of carbonyl (C=O) groups is 1. The molecule has 1 atom stereocenters. The fourth-order valence-corrected chi connectivity index (χ4v) is 4.07. The maximum atomic E-state index is 13.3. The standard InChI is InChI=1S/C28H27F3N2O3/c1-2-13-36-26-12-9-19(18-7-10-21(11-8-18)28(29,30)31)15-24(26)27(35)33-22(17-34)14-20-16-32-25-6-4-3-5-23(20)25/h3-12,15-16,22,32,34H,2,13-14,17H2,1H3,(H,33,35)/t22-/m0/s1. The molecule has 0 aliphatic heterocycles. The molecule has 3 aromatic carbocycles. The average Bonchev–Trinajstić information content (AvgIpc) is 3.29. The Balaban J connectivity index is 1.59. The van der Waals surface area contributed by atoms with Gasteiger partial charge in [0.05, 0.1) is 30.4 Å². The molecule has 4 rings (SSSR count). The Bertz CT molecular complexity index is 1330. The molecule has 0 spiro atoms. The van der Waals surface area contributed by atoms with Crippen LogP contribution in [0.2, 0.25) is 0 Å². The minimum absolute atomic E-state index is 0.248. The van der Waals surface area contributed by atoms with Crippen LogP contribution in [0.25, 0.3) is 22.0 Å². The molecular weight excluding hydrogens is 469 g/mol. The summed E-state index contributed by atoms with van der Waals surface area (Å²) in [5.41, 5.74) is 2.56. The van der Waals surface area contributed by atoms with Crippen LogP contribution in [0.5, 0.6) is 5.75 Å². The molecule has 3 N–H and O–H groups in total. The summed E-state index contributed by atoms with van der Waals surface area (Å²) in [7, 11) is 0. The smallest absolute Gasteiger partial charge is 0.416 e. The molecule has 0 saturated carbocycles. The monoisotopic (exact) mass is 496 g/mol. The number of nitrogens with one attached hydrogen (secondary N) is 2. The minimum Gasteiger partial charge on any atom is -0.493 e. The zero-order valence-electron chi connectivity index (χ0n) is 19.7. The van der Waals surface area contributed by atoms with E-state index in [9.17, 15) is 23.1 Å². The number of para-hydroxylation sites is 1. The third kappa shape index (κ3) is 5.71. The van der Waals surface area contributed by atoms with Crippen molar-refractivity contribution in [3.63, 3.8) is 0 Å². The van der Waals surface area contributed by atoms with Crippen molar-refractivity contribution in [2.24, 2.45) is 0 Å². The maximum Gasteiger partial charge on any atom is 0.416 e. The third-order valence-corrected chi connectivity index (χ3v) is 5.93. The molecule has 0 bridgehead atoms. The molecule has 188 valence electrons. The molecule has 0 aliphatic rings. The number of hydrogen-bond donors (Lipinski definition) is 3. The lowest BCUT2D eigenvalue weighted by Crippen LogP contribution is -2.39. The summed E-state index contributed by atoms with van der Waals surface area (Å²) in [4.78, 5) is 16.5. The van der Waals surface area contributed by atoms with Crippen LogP contribution >= 0.6 is 0 Å². The molecular formula is C28H27F3N2O3. The van der Waals surface area contributed by atoms with Crippen molar-refractivity contribution in [2.75, 3.05) is 13.2 Å². The van der Waals surface area contributed by atoms with Crippen molar-refractivity contribution in [3.05, 3.63) is 89.6 Å². The Hall–Kier alpha value is -3.78. The number of alkyl halides is 3. The number of H-pyrrole nitrogens is 1. The number of benzene rings is 3. The molecule has 0 unspecified atom stereocenters. The van der Waals surface area contributed by atoms with Crippen LogP contribution in [-0.4, -0.2) is 35.3 Å². The van der Waals surface area contributed by atoms with E-state index in [0.717, 1.165) is 35.0 Å². The fourth-order valence-electron chi connectivity index (χ4n) is 4.07. The van der Waals surface area contributed by atoms with E-state index < -0.39 is 23.7 Å². The van der Waals surface area contributed by atoms with Gasteiger partial charge in [0, 0.05) is 17.1 Å². The van der Waals surface area contributed by atoms with Gasteiger partial charge in [0.2, 0.25) is 0 Å². The van der Waals surface area contributed by atoms with Crippen LogP contribution in [0, 0.1) is 0 Å². The summed E-state index contributed by atoms with van der Waals surface area (Å²) < 4.78 is 44.6. The number of ether oxygens (including phenoxy) is 1. The second kappa shape index (κ2) is 10.9. The van der Waals surface area contributed by atoms with E-state index in [4.69, 9.17) is 4.74 Å². The highest BCUT2D eigenvalue weighted by Gasteiger charge is 2.30. The van der Waals surface area contributed by atoms with Crippen molar-refractivity contribution in [3.8, 4) is 16.9 Å². The van der Waals surface area contributed by atoms with Crippen LogP contribution < -0.4 is 10.1 Å². The second-order valence-corrected chi connectivity index (χ2v) is 8.55. The quantitative estimate of drug-likeness (QED) is 0.267. The highest BCUT2D eigenvalue weighted by Crippen LogP contribution is 2.32. The van der Waals surface area contributed by atoms with Crippen molar-refractivity contribution in [2.45, 2.75) is 32.0 Å². The van der Waals surface area contributed by atoms with E-state index in [1.54, 1.807) is 18.2 Å². The zero-order chi connectivity index (χ0) is 25.7. The molecule has 0 radical (unpaired) electrons. The lowest BCUT2D eigenvalue weighted by atomic mass is 10.00. The molecule has 1 heterocycles. The average molecular weight is 497 g/mol. The summed E-state index contributed by atoms with van der Waals surface area (Å²) >= 11 is 0. The van der Waals surface area contributed by atoms with Crippen molar-refractivity contribution >= 4 is 16.8 Å². The van der Waals surface area contributed by atoms with Gasteiger partial charge in [-0.3, -0.25) is 4.79 Å². The number of carbonyl (C=O) groups excluding carboxylic acids is 1. The lowest BCUT2D eigenvalue weighted by Gasteiger charge is -2.18. The Labute approximate surface area is 206 Å². The van der Waals surface area contributed by atoms with Crippen LogP contribution in [-0.2, 0) is 12.6 Å². The highest BCUT2D eigenvalue weighted by molar-refractivity contribution is 5.98. The minimum atomic E-state index is -4.43. The molecule has 4 aromatic rings. The van der Waals surface area contributed by atoms with Crippen LogP contribution in [0.3, 0.4) is 0 Å². The molecule has 0 saturated heterocycles. The van der Waals surface area contributed by atoms with Gasteiger partial charge in [-0.25, -0.2) is 0 Å². The van der Waals surface area contributed by atoms with Gasteiger partial charge in [-0.2, -0.15) is 13.2 Å². The number of aromatic amines is 1. The van der Waals surface area contributed by atoms with Crippen molar-refractivity contribution < 1.29 is 27.8 Å². The summed E-state index contributed by atoms with van der Waals surface area (Å²) in [6.45, 7) is 2.08. The topological polar surface area (TPSA) is 74.3 Å². The molecule has 1 aromatic heterocycles. The number of fused-ring (bicyclic) bond motifs is 1. The maximum absolute atomic E-state index is 13.3. The predicted octanol–water partition coefficient (Wildman–Crippen LogP) is 5.98. The first-order valence-electron chi connectivity index (χ1n) is 11.7. The van der Waals surface area contributed by atoms with E-state index in [-0.39, 0.29) is 12.2 Å². The van der Waals surface area contributed by atoms with E-state index in [1.165, 1.54) is 12.1 Å². The molecule has 0 aliphatic carbocycles. The van der Waals surface area contributed by atoms with Crippen molar-refractivity contribution in [1.29, 1.82) is 0 Å². The first-order valence-corrected chi connectivity index (χ1v) is 11.7. The van der Waals surface area contributed by atoms with Crippen LogP contribution in [0.15, 0.2) is 72.9 Å². The SMILES string of the molecule is CCCOc1ccc(-c2ccc(C(F)(F)F)cc2)cc1C(=O)N[C@H](CO)Cc1c[nH]c2ccccc12. The summed E-state index contributed by atoms with van der Waals surface area (Å²) in [5.74, 6) is -0.0671. The van der Waals surface area contributed by atoms with E-state index >= 15 is 0 Å². The van der Waals surface area contributed by atoms with Gasteiger partial charge in [0.1, 0.15) is 5.75 Å². The first kappa shape index (κ1) is 25.3. The first-order chi connectivity index (χ1) is 17.3. The number of aromatic nitrogens is 1. The zero-order valence-corrected chi connectivity index (χ0v) is 19.7. The number of aliphatic hydroxyl groups excluding tert-OH is 1. The summed E-state index contributed by atoms with van der Waals surface area (Å²) in [5, 5.41) is 13.9. The van der Waals surface area contributed by atoms with Crippen LogP contribution in [0.4, 0.5) is 13.2 Å². The molecule has 8 heteroatoms. The largest absolute Gasteiger partial charge is 0.493 e. The van der Waals surface area contributed by atoms with E-state index in [0.29, 0.717) is 29.9 Å². The fraction of sp³-hybridized carbons (Fsp3) is 0.250. The number of rotatable bonds is 9. The molecule has 0 fully saturated rings. The van der Waals surface area contributed by atoms with Gasteiger partial charge in [-0.1, -0.05) is 43.3 Å². The van der Waals surface area contributed by atoms with Gasteiger partial charge in [0.15, 0.2) is 0 Å². The van der Waals surface area contributed by atoms with Gasteiger partial charge in [0.25, 0.3) is 5.91 Å². The van der Waals surface area contributed by atoms with Crippen molar-refractivity contribution in [1.82, 2.24) is 10.3 Å². The van der Waals surface area contributed by atoms with Gasteiger partial charge < -0.3 is 20.1 Å². The number of aliphatic hydroxyl groups is 1. The Morgan fingerprint density at radius 3 is 2.47 bits per heavy atom. The Morgan fingerprint density at radius 2 is 1.78 bits per heavy atom. The Morgan fingerprint density at radius 1 is 1.06 bits per heavy atom. The molecule has 5 nitrogen and oxygen atoms in total. The highest BCUT2D eigenvalue weighted by atomic mass is 19.4.